The van der Waals surface area contributed by atoms with Crippen LogP contribution in [0.1, 0.15) is 84.1 Å². The zero-order valence-electron chi connectivity index (χ0n) is 22.2. The van der Waals surface area contributed by atoms with Gasteiger partial charge in [-0.15, -0.1) is 0 Å². The first-order chi connectivity index (χ1) is 16.7. The molecule has 1 aromatic rings. The molecule has 2 amide bonds. The van der Waals surface area contributed by atoms with Crippen molar-refractivity contribution < 1.29 is 14.7 Å². The highest BCUT2D eigenvalue weighted by atomic mass is 16.3. The summed E-state index contributed by atoms with van der Waals surface area (Å²) in [4.78, 5) is 28.2. The smallest absolute Gasteiger partial charge is 0.225 e. The highest BCUT2D eigenvalue weighted by molar-refractivity contribution is 5.79. The number of aliphatic hydroxyl groups is 1. The first-order valence-corrected chi connectivity index (χ1v) is 14.0. The Balaban J connectivity index is 1.42. The summed E-state index contributed by atoms with van der Waals surface area (Å²) >= 11 is 0. The Hall–Kier alpha value is -1.88. The van der Waals surface area contributed by atoms with Crippen LogP contribution in [-0.4, -0.2) is 41.0 Å². The van der Waals surface area contributed by atoms with Crippen molar-refractivity contribution in [3.8, 4) is 0 Å². The number of nitrogens with zero attached hydrogens (tertiary/aromatic N) is 1. The number of rotatable bonds is 6. The first-order valence-electron chi connectivity index (χ1n) is 14.0. The molecule has 0 radical (unpaired) electrons. The summed E-state index contributed by atoms with van der Waals surface area (Å²) in [7, 11) is 1.87. The minimum absolute atomic E-state index is 0.0472. The van der Waals surface area contributed by atoms with Gasteiger partial charge in [0.05, 0.1) is 6.10 Å². The van der Waals surface area contributed by atoms with Gasteiger partial charge in [-0.1, -0.05) is 70.4 Å². The summed E-state index contributed by atoms with van der Waals surface area (Å²) in [6.07, 6.45) is 8.98. The number of aliphatic hydroxyl groups excluding tert-OH is 1. The molecule has 5 heteroatoms. The summed E-state index contributed by atoms with van der Waals surface area (Å²) in [5, 5.41) is 15.1. The van der Waals surface area contributed by atoms with E-state index >= 15 is 0 Å². The molecule has 0 spiro atoms. The molecule has 7 atom stereocenters. The highest BCUT2D eigenvalue weighted by Crippen LogP contribution is 2.55. The Morgan fingerprint density at radius 3 is 2.43 bits per heavy atom. The lowest BCUT2D eigenvalue weighted by Crippen LogP contribution is -2.59. The topological polar surface area (TPSA) is 69.6 Å². The monoisotopic (exact) mass is 482 g/mol. The van der Waals surface area contributed by atoms with Gasteiger partial charge in [-0.3, -0.25) is 9.59 Å². The zero-order chi connectivity index (χ0) is 25.2. The van der Waals surface area contributed by atoms with Gasteiger partial charge in [-0.25, -0.2) is 0 Å². The number of benzene rings is 1. The average Bonchev–Trinajstić information content (AvgIpc) is 2.86. The van der Waals surface area contributed by atoms with Gasteiger partial charge in [0, 0.05) is 31.5 Å². The molecule has 5 nitrogen and oxygen atoms in total. The Bertz CT molecular complexity index is 868. The van der Waals surface area contributed by atoms with Gasteiger partial charge in [0.25, 0.3) is 0 Å². The van der Waals surface area contributed by atoms with Crippen LogP contribution in [0.4, 0.5) is 0 Å². The van der Waals surface area contributed by atoms with Crippen molar-refractivity contribution in [2.24, 2.45) is 35.0 Å². The van der Waals surface area contributed by atoms with Crippen molar-refractivity contribution >= 4 is 11.8 Å². The first kappa shape index (κ1) is 26.2. The molecule has 4 rings (SSSR count). The summed E-state index contributed by atoms with van der Waals surface area (Å²) in [5.41, 5.74) is 1.19. The van der Waals surface area contributed by atoms with Gasteiger partial charge in [-0.2, -0.15) is 0 Å². The number of carbonyl (C=O) groups excluding carboxylic acids is 2. The number of hydrogen-bond donors (Lipinski definition) is 2. The Kier molecular flexibility index (Phi) is 8.25. The van der Waals surface area contributed by atoms with Gasteiger partial charge in [0.15, 0.2) is 0 Å². The van der Waals surface area contributed by atoms with E-state index < -0.39 is 6.10 Å². The number of carbonyl (C=O) groups is 2. The fourth-order valence-electron chi connectivity index (χ4n) is 7.63. The van der Waals surface area contributed by atoms with Crippen LogP contribution in [0.2, 0.25) is 0 Å². The number of amides is 2. The quantitative estimate of drug-likeness (QED) is 0.588. The lowest BCUT2D eigenvalue weighted by Gasteiger charge is -2.56. The van der Waals surface area contributed by atoms with Crippen molar-refractivity contribution in [1.29, 1.82) is 0 Å². The SMILES string of the molecule is C[C@@H]1[C@@H]2[C@@H](O)[C@@H]([C@H](C)C(=O)N(C)Cc3ccccc3)CC[C@]2(C)CC[C@@H]1NC(=O)C1CCCCC1. The predicted octanol–water partition coefficient (Wildman–Crippen LogP) is 5.17. The largest absolute Gasteiger partial charge is 0.392 e. The molecule has 3 aliphatic carbocycles. The fourth-order valence-corrected chi connectivity index (χ4v) is 7.63. The standard InChI is InChI=1S/C30H46N2O3/c1-20(29(35)32(4)19-22-11-7-5-8-12-22)24-15-17-30(3)18-16-25(21(2)26(30)27(24)33)31-28(34)23-13-9-6-10-14-23/h5,7-8,11-12,20-21,23-27,33H,6,9-10,13-19H2,1-4H3,(H,31,34)/t20-,21-,24+,25-,26+,27-,30+/m0/s1. The van der Waals surface area contributed by atoms with Crippen LogP contribution in [0.15, 0.2) is 30.3 Å². The van der Waals surface area contributed by atoms with E-state index in [-0.39, 0.29) is 52.9 Å². The van der Waals surface area contributed by atoms with E-state index in [1.165, 1.54) is 6.42 Å². The van der Waals surface area contributed by atoms with Gasteiger partial charge < -0.3 is 15.3 Å². The van der Waals surface area contributed by atoms with E-state index in [1.807, 2.05) is 44.3 Å². The molecule has 35 heavy (non-hydrogen) atoms. The summed E-state index contributed by atoms with van der Waals surface area (Å²) in [5.74, 6) is 0.503. The van der Waals surface area contributed by atoms with Crippen LogP contribution >= 0.6 is 0 Å². The molecule has 0 heterocycles. The fraction of sp³-hybridized carbons (Fsp3) is 0.733. The Labute approximate surface area is 212 Å². The van der Waals surface area contributed by atoms with Gasteiger partial charge >= 0.3 is 0 Å². The molecule has 0 bridgehead atoms. The summed E-state index contributed by atoms with van der Waals surface area (Å²) in [6, 6.07) is 10.2. The lowest BCUT2D eigenvalue weighted by molar-refractivity contribution is -0.150. The minimum Gasteiger partial charge on any atom is -0.392 e. The second kappa shape index (κ2) is 11.0. The van der Waals surface area contributed by atoms with Crippen molar-refractivity contribution in [1.82, 2.24) is 10.2 Å². The van der Waals surface area contributed by atoms with Gasteiger partial charge in [0.2, 0.25) is 11.8 Å². The molecule has 1 aromatic carbocycles. The molecule has 0 aromatic heterocycles. The molecular formula is C30H46N2O3. The van der Waals surface area contributed by atoms with Crippen molar-refractivity contribution in [2.45, 2.75) is 97.2 Å². The maximum absolute atomic E-state index is 13.4. The second-order valence-corrected chi connectivity index (χ2v) is 12.2. The molecule has 194 valence electrons. The molecule has 2 N–H and O–H groups in total. The molecular weight excluding hydrogens is 436 g/mol. The third-order valence-corrected chi connectivity index (χ3v) is 9.86. The van der Waals surface area contributed by atoms with E-state index in [9.17, 15) is 14.7 Å². The van der Waals surface area contributed by atoms with E-state index in [4.69, 9.17) is 0 Å². The highest BCUT2D eigenvalue weighted by Gasteiger charge is 2.54. The number of hydrogen-bond acceptors (Lipinski definition) is 3. The van der Waals surface area contributed by atoms with Crippen LogP contribution < -0.4 is 5.32 Å². The summed E-state index contributed by atoms with van der Waals surface area (Å²) in [6.45, 7) is 7.12. The van der Waals surface area contributed by atoms with E-state index in [1.54, 1.807) is 4.90 Å². The Morgan fingerprint density at radius 1 is 1.09 bits per heavy atom. The van der Waals surface area contributed by atoms with Crippen LogP contribution in [0.25, 0.3) is 0 Å². The van der Waals surface area contributed by atoms with Crippen molar-refractivity contribution in [2.75, 3.05) is 7.05 Å². The van der Waals surface area contributed by atoms with Crippen LogP contribution in [-0.2, 0) is 16.1 Å². The van der Waals surface area contributed by atoms with Crippen LogP contribution in [0.3, 0.4) is 0 Å². The van der Waals surface area contributed by atoms with E-state index in [2.05, 4.69) is 19.2 Å². The predicted molar refractivity (Wildman–Crippen MR) is 139 cm³/mol. The molecule has 0 saturated heterocycles. The molecule has 3 saturated carbocycles. The average molecular weight is 483 g/mol. The third kappa shape index (κ3) is 5.60. The molecule has 3 fully saturated rings. The number of nitrogens with one attached hydrogen (secondary N) is 1. The van der Waals surface area contributed by atoms with E-state index in [0.717, 1.165) is 56.9 Å². The zero-order valence-corrected chi connectivity index (χ0v) is 22.2. The van der Waals surface area contributed by atoms with Gasteiger partial charge in [0.1, 0.15) is 0 Å². The summed E-state index contributed by atoms with van der Waals surface area (Å²) < 4.78 is 0. The lowest BCUT2D eigenvalue weighted by atomic mass is 9.51. The maximum atomic E-state index is 13.4. The number of fused-ring (bicyclic) bond motifs is 1. The van der Waals surface area contributed by atoms with Crippen LogP contribution in [0.5, 0.6) is 0 Å². The minimum atomic E-state index is -0.526. The normalized spacial score (nSPS) is 34.5. The molecule has 3 aliphatic rings. The van der Waals surface area contributed by atoms with Crippen molar-refractivity contribution in [3.05, 3.63) is 35.9 Å². The third-order valence-electron chi connectivity index (χ3n) is 9.86. The molecule has 0 aliphatic heterocycles. The van der Waals surface area contributed by atoms with Crippen LogP contribution in [0, 0.1) is 35.0 Å². The van der Waals surface area contributed by atoms with Crippen molar-refractivity contribution in [3.63, 3.8) is 0 Å². The maximum Gasteiger partial charge on any atom is 0.225 e. The Morgan fingerprint density at radius 2 is 1.74 bits per heavy atom. The molecule has 0 unspecified atom stereocenters. The van der Waals surface area contributed by atoms with E-state index in [0.29, 0.717) is 6.54 Å². The second-order valence-electron chi connectivity index (χ2n) is 12.2. The van der Waals surface area contributed by atoms with Gasteiger partial charge in [-0.05, 0) is 67.3 Å².